The first kappa shape index (κ1) is 17.6. The lowest BCUT2D eigenvalue weighted by Crippen LogP contribution is -2.41. The number of aromatic nitrogens is 1. The second-order valence-electron chi connectivity index (χ2n) is 5.45. The largest absolute Gasteiger partial charge is 0.368 e. The Morgan fingerprint density at radius 1 is 1.24 bits per heavy atom. The van der Waals surface area contributed by atoms with E-state index in [2.05, 4.69) is 10.3 Å². The predicted molar refractivity (Wildman–Crippen MR) is 84.0 cm³/mol. The van der Waals surface area contributed by atoms with Crippen LogP contribution in [-0.4, -0.2) is 49.7 Å². The normalized spacial score (nSPS) is 12.6. The zero-order valence-electron chi connectivity index (χ0n) is 13.6. The van der Waals surface area contributed by atoms with Crippen LogP contribution >= 0.6 is 0 Å². The van der Waals surface area contributed by atoms with Crippen molar-refractivity contribution < 1.29 is 8.78 Å². The van der Waals surface area contributed by atoms with E-state index < -0.39 is 11.6 Å². The average molecular weight is 300 g/mol. The third kappa shape index (κ3) is 4.81. The Bertz CT molecular complexity index is 452. The zero-order chi connectivity index (χ0) is 16.0. The van der Waals surface area contributed by atoms with Crippen molar-refractivity contribution in [1.82, 2.24) is 9.88 Å². The van der Waals surface area contributed by atoms with Gasteiger partial charge >= 0.3 is 0 Å². The van der Waals surface area contributed by atoms with E-state index in [1.54, 1.807) is 0 Å². The van der Waals surface area contributed by atoms with Gasteiger partial charge in [0, 0.05) is 31.7 Å². The summed E-state index contributed by atoms with van der Waals surface area (Å²) >= 11 is 0. The van der Waals surface area contributed by atoms with Crippen LogP contribution in [0.5, 0.6) is 0 Å². The molecule has 0 bridgehead atoms. The number of pyridine rings is 1. The van der Waals surface area contributed by atoms with E-state index in [0.717, 1.165) is 19.0 Å². The molecule has 0 aliphatic heterocycles. The monoisotopic (exact) mass is 300 g/mol. The minimum absolute atomic E-state index is 0.0801. The number of nitrogens with one attached hydrogen (secondary N) is 1. The van der Waals surface area contributed by atoms with Crippen molar-refractivity contribution in [3.63, 3.8) is 0 Å². The highest BCUT2D eigenvalue weighted by atomic mass is 19.1. The van der Waals surface area contributed by atoms with Crippen LogP contribution in [0.25, 0.3) is 0 Å². The fourth-order valence-corrected chi connectivity index (χ4v) is 2.32. The molecule has 0 aliphatic rings. The van der Waals surface area contributed by atoms with Gasteiger partial charge in [0.05, 0.1) is 0 Å². The van der Waals surface area contributed by atoms with E-state index in [-0.39, 0.29) is 17.7 Å². The topological polar surface area (TPSA) is 31.4 Å². The maximum Gasteiger partial charge on any atom is 0.168 e. The van der Waals surface area contributed by atoms with Gasteiger partial charge in [0.1, 0.15) is 0 Å². The van der Waals surface area contributed by atoms with Gasteiger partial charge in [-0.1, -0.05) is 6.92 Å². The van der Waals surface area contributed by atoms with Gasteiger partial charge in [0.15, 0.2) is 23.3 Å². The Morgan fingerprint density at radius 3 is 2.43 bits per heavy atom. The first-order valence-electron chi connectivity index (χ1n) is 7.41. The van der Waals surface area contributed by atoms with Crippen molar-refractivity contribution in [2.45, 2.75) is 33.2 Å². The summed E-state index contributed by atoms with van der Waals surface area (Å²) in [6.07, 6.45) is 0.850. The third-order valence-corrected chi connectivity index (χ3v) is 3.23. The van der Waals surface area contributed by atoms with E-state index >= 15 is 0 Å². The van der Waals surface area contributed by atoms with Gasteiger partial charge in [-0.2, -0.15) is 0 Å². The summed E-state index contributed by atoms with van der Waals surface area (Å²) in [7, 11) is 3.93. The smallest absolute Gasteiger partial charge is 0.168 e. The number of hydrogen-bond donors (Lipinski definition) is 1. The SMILES string of the molecule is CCCNc1nc(N(CC)C(C)CN(C)C)c(F)cc1F. The summed E-state index contributed by atoms with van der Waals surface area (Å²) in [6, 6.07) is 0.988. The van der Waals surface area contributed by atoms with Crippen LogP contribution in [0.15, 0.2) is 6.07 Å². The zero-order valence-corrected chi connectivity index (χ0v) is 13.6. The molecule has 21 heavy (non-hydrogen) atoms. The Balaban J connectivity index is 3.07. The summed E-state index contributed by atoms with van der Waals surface area (Å²) in [6.45, 7) is 7.91. The molecule has 0 saturated heterocycles. The number of nitrogens with zero attached hydrogens (tertiary/aromatic N) is 3. The Labute approximate surface area is 126 Å². The van der Waals surface area contributed by atoms with Crippen molar-refractivity contribution in [2.75, 3.05) is 43.9 Å². The van der Waals surface area contributed by atoms with E-state index in [1.165, 1.54) is 0 Å². The summed E-state index contributed by atoms with van der Waals surface area (Å²) in [5.74, 6) is -0.960. The Kier molecular flexibility index (Phi) is 6.81. The second-order valence-corrected chi connectivity index (χ2v) is 5.45. The molecule has 1 unspecified atom stereocenters. The van der Waals surface area contributed by atoms with Crippen LogP contribution in [-0.2, 0) is 0 Å². The number of anilines is 2. The molecule has 1 aromatic rings. The van der Waals surface area contributed by atoms with Gasteiger partial charge in [-0.25, -0.2) is 13.8 Å². The van der Waals surface area contributed by atoms with Gasteiger partial charge in [-0.15, -0.1) is 0 Å². The van der Waals surface area contributed by atoms with Crippen molar-refractivity contribution in [2.24, 2.45) is 0 Å². The predicted octanol–water partition coefficient (Wildman–Crippen LogP) is 2.96. The highest BCUT2D eigenvalue weighted by molar-refractivity contribution is 5.50. The van der Waals surface area contributed by atoms with Crippen molar-refractivity contribution in [1.29, 1.82) is 0 Å². The molecule has 0 aliphatic carbocycles. The van der Waals surface area contributed by atoms with Gasteiger partial charge in [0.2, 0.25) is 0 Å². The molecule has 0 aromatic carbocycles. The molecular weight excluding hydrogens is 274 g/mol. The summed E-state index contributed by atoms with van der Waals surface area (Å²) in [4.78, 5) is 8.04. The van der Waals surface area contributed by atoms with Crippen molar-refractivity contribution in [3.8, 4) is 0 Å². The number of halogens is 2. The fourth-order valence-electron chi connectivity index (χ4n) is 2.32. The highest BCUT2D eigenvalue weighted by Crippen LogP contribution is 2.24. The molecule has 1 N–H and O–H groups in total. The molecule has 0 radical (unpaired) electrons. The summed E-state index contributed by atoms with van der Waals surface area (Å²) in [5, 5.41) is 2.90. The van der Waals surface area contributed by atoms with Crippen molar-refractivity contribution in [3.05, 3.63) is 17.7 Å². The quantitative estimate of drug-likeness (QED) is 0.800. The van der Waals surface area contributed by atoms with E-state index in [0.29, 0.717) is 13.1 Å². The van der Waals surface area contributed by atoms with Crippen molar-refractivity contribution >= 4 is 11.6 Å². The number of likely N-dealkylation sites (N-methyl/N-ethyl adjacent to an activating group) is 2. The average Bonchev–Trinajstić information content (AvgIpc) is 2.39. The standard InChI is InChI=1S/C15H26F2N4/c1-6-8-18-14-12(16)9-13(17)15(19-14)21(7-2)11(3)10-20(4)5/h9,11H,6-8,10H2,1-5H3,(H,18,19). The van der Waals surface area contributed by atoms with Crippen LogP contribution < -0.4 is 10.2 Å². The van der Waals surface area contributed by atoms with Crippen LogP contribution in [0.1, 0.15) is 27.2 Å². The Hall–Kier alpha value is -1.43. The maximum atomic E-state index is 14.1. The minimum atomic E-state index is -0.652. The molecule has 0 fully saturated rings. The van der Waals surface area contributed by atoms with Gasteiger partial charge < -0.3 is 15.1 Å². The lowest BCUT2D eigenvalue weighted by Gasteiger charge is -2.31. The van der Waals surface area contributed by atoms with Crippen LogP contribution in [0.2, 0.25) is 0 Å². The molecule has 1 rings (SSSR count). The van der Waals surface area contributed by atoms with Crippen LogP contribution in [0, 0.1) is 11.6 Å². The lowest BCUT2D eigenvalue weighted by molar-refractivity contribution is 0.370. The molecule has 1 heterocycles. The molecule has 0 amide bonds. The van der Waals surface area contributed by atoms with Crippen LogP contribution in [0.4, 0.5) is 20.4 Å². The molecule has 0 saturated carbocycles. The fraction of sp³-hybridized carbons (Fsp3) is 0.667. The third-order valence-electron chi connectivity index (χ3n) is 3.23. The first-order chi connectivity index (χ1) is 9.90. The molecule has 4 nitrogen and oxygen atoms in total. The Morgan fingerprint density at radius 2 is 1.90 bits per heavy atom. The van der Waals surface area contributed by atoms with E-state index in [9.17, 15) is 8.78 Å². The molecule has 1 atom stereocenters. The highest BCUT2D eigenvalue weighted by Gasteiger charge is 2.21. The summed E-state index contributed by atoms with van der Waals surface area (Å²) in [5.41, 5.74) is 0. The van der Waals surface area contributed by atoms with Gasteiger partial charge in [-0.05, 0) is 34.4 Å². The van der Waals surface area contributed by atoms with Gasteiger partial charge in [0.25, 0.3) is 0 Å². The molecule has 0 spiro atoms. The minimum Gasteiger partial charge on any atom is -0.368 e. The second kappa shape index (κ2) is 8.12. The molecule has 6 heteroatoms. The van der Waals surface area contributed by atoms with E-state index in [4.69, 9.17) is 0 Å². The molecular formula is C15H26F2N4. The lowest BCUT2D eigenvalue weighted by atomic mass is 10.2. The number of rotatable bonds is 8. The maximum absolute atomic E-state index is 14.1. The molecule has 120 valence electrons. The first-order valence-corrected chi connectivity index (χ1v) is 7.41. The van der Waals surface area contributed by atoms with Gasteiger partial charge in [-0.3, -0.25) is 0 Å². The van der Waals surface area contributed by atoms with E-state index in [1.807, 2.05) is 44.7 Å². The van der Waals surface area contributed by atoms with Crippen LogP contribution in [0.3, 0.4) is 0 Å². The number of hydrogen-bond acceptors (Lipinski definition) is 4. The molecule has 1 aromatic heterocycles. The summed E-state index contributed by atoms with van der Waals surface area (Å²) < 4.78 is 27.8.